The summed E-state index contributed by atoms with van der Waals surface area (Å²) >= 11 is 0. The molecule has 0 aliphatic carbocycles. The molecule has 0 radical (unpaired) electrons. The van der Waals surface area contributed by atoms with Crippen LogP contribution in [0.25, 0.3) is 5.57 Å². The number of carboxylic acid groups (broad SMARTS) is 1. The van der Waals surface area contributed by atoms with Crippen LogP contribution in [-0.4, -0.2) is 20.9 Å². The molecular formula is C18H24N2O6. The molecule has 26 heavy (non-hydrogen) atoms. The quantitative estimate of drug-likeness (QED) is 0.351. The standard InChI is InChI=1S/C18H24N2O6/c1-4-7-9-12(8-5-2)15-10-13(19(23)24)11-16(20(25)26)17(15)14(6-3)18(21)22/h6,10-12H,4-5,7-9H2,1-3H3,(H,21,22). The number of allylic oxidation sites excluding steroid dienone is 1. The lowest BCUT2D eigenvalue weighted by Crippen LogP contribution is -2.11. The van der Waals surface area contributed by atoms with Gasteiger partial charge in [-0.05, 0) is 31.2 Å². The van der Waals surface area contributed by atoms with E-state index in [1.54, 1.807) is 0 Å². The van der Waals surface area contributed by atoms with E-state index in [-0.39, 0.29) is 17.1 Å². The summed E-state index contributed by atoms with van der Waals surface area (Å²) in [7, 11) is 0. The van der Waals surface area contributed by atoms with Crippen LogP contribution in [0.1, 0.15) is 69.9 Å². The molecule has 0 bridgehead atoms. The molecule has 0 spiro atoms. The molecule has 142 valence electrons. The van der Waals surface area contributed by atoms with Gasteiger partial charge in [-0.25, -0.2) is 4.79 Å². The number of aliphatic carboxylic acids is 1. The number of rotatable bonds is 10. The van der Waals surface area contributed by atoms with Crippen LogP contribution in [0.4, 0.5) is 11.4 Å². The Morgan fingerprint density at radius 1 is 1.15 bits per heavy atom. The fourth-order valence-corrected chi connectivity index (χ4v) is 3.13. The van der Waals surface area contributed by atoms with Crippen molar-refractivity contribution in [2.24, 2.45) is 0 Å². The summed E-state index contributed by atoms with van der Waals surface area (Å²) in [5.41, 5.74) is -0.794. The molecule has 0 aromatic heterocycles. The maximum absolute atomic E-state index is 11.6. The van der Waals surface area contributed by atoms with Crippen molar-refractivity contribution in [3.05, 3.63) is 49.6 Å². The van der Waals surface area contributed by atoms with E-state index in [0.29, 0.717) is 18.4 Å². The molecule has 1 atom stereocenters. The van der Waals surface area contributed by atoms with Crippen LogP contribution < -0.4 is 0 Å². The lowest BCUT2D eigenvalue weighted by molar-refractivity contribution is -0.394. The molecule has 0 heterocycles. The van der Waals surface area contributed by atoms with Gasteiger partial charge in [0.15, 0.2) is 0 Å². The summed E-state index contributed by atoms with van der Waals surface area (Å²) in [6.07, 6.45) is 5.18. The zero-order valence-corrected chi connectivity index (χ0v) is 15.2. The van der Waals surface area contributed by atoms with Crippen molar-refractivity contribution >= 4 is 22.9 Å². The summed E-state index contributed by atoms with van der Waals surface area (Å²) in [4.78, 5) is 33.0. The fourth-order valence-electron chi connectivity index (χ4n) is 3.13. The number of unbranched alkanes of at least 4 members (excludes halogenated alkanes) is 1. The summed E-state index contributed by atoms with van der Waals surface area (Å²) in [6.45, 7) is 5.45. The maximum atomic E-state index is 11.6. The van der Waals surface area contributed by atoms with E-state index in [2.05, 4.69) is 0 Å². The first-order valence-electron chi connectivity index (χ1n) is 8.65. The lowest BCUT2D eigenvalue weighted by Gasteiger charge is -2.20. The zero-order chi connectivity index (χ0) is 19.9. The average Bonchev–Trinajstić information content (AvgIpc) is 2.58. The van der Waals surface area contributed by atoms with Crippen LogP contribution in [0.2, 0.25) is 0 Å². The Morgan fingerprint density at radius 3 is 2.23 bits per heavy atom. The molecule has 0 aliphatic rings. The zero-order valence-electron chi connectivity index (χ0n) is 15.2. The number of benzene rings is 1. The Kier molecular flexibility index (Phi) is 7.89. The summed E-state index contributed by atoms with van der Waals surface area (Å²) in [5, 5.41) is 32.3. The van der Waals surface area contributed by atoms with Crippen molar-refractivity contribution in [2.45, 2.75) is 58.8 Å². The molecule has 1 unspecified atom stereocenters. The minimum Gasteiger partial charge on any atom is -0.478 e. The van der Waals surface area contributed by atoms with Gasteiger partial charge >= 0.3 is 5.97 Å². The number of hydrogen-bond acceptors (Lipinski definition) is 5. The van der Waals surface area contributed by atoms with Crippen LogP contribution in [0.15, 0.2) is 18.2 Å². The van der Waals surface area contributed by atoms with E-state index in [1.807, 2.05) is 13.8 Å². The minimum absolute atomic E-state index is 0.0230. The van der Waals surface area contributed by atoms with E-state index < -0.39 is 27.2 Å². The molecule has 0 amide bonds. The normalized spacial score (nSPS) is 12.7. The van der Waals surface area contributed by atoms with Gasteiger partial charge in [-0.15, -0.1) is 0 Å². The number of carbonyl (C=O) groups is 1. The highest BCUT2D eigenvalue weighted by molar-refractivity contribution is 6.17. The Labute approximate surface area is 151 Å². The second-order valence-corrected chi connectivity index (χ2v) is 6.08. The first-order valence-corrected chi connectivity index (χ1v) is 8.65. The van der Waals surface area contributed by atoms with Gasteiger partial charge < -0.3 is 5.11 Å². The van der Waals surface area contributed by atoms with Crippen LogP contribution >= 0.6 is 0 Å². The average molecular weight is 364 g/mol. The van der Waals surface area contributed by atoms with Crippen molar-refractivity contribution in [1.82, 2.24) is 0 Å². The topological polar surface area (TPSA) is 124 Å². The monoisotopic (exact) mass is 364 g/mol. The molecule has 1 N–H and O–H groups in total. The Bertz CT molecular complexity index is 727. The van der Waals surface area contributed by atoms with Gasteiger partial charge in [0.1, 0.15) is 0 Å². The molecule has 8 heteroatoms. The lowest BCUT2D eigenvalue weighted by atomic mass is 9.83. The Hall–Kier alpha value is -2.77. The molecule has 0 fully saturated rings. The number of nitro groups is 2. The van der Waals surface area contributed by atoms with Gasteiger partial charge in [-0.1, -0.05) is 39.2 Å². The molecule has 1 aromatic carbocycles. The molecular weight excluding hydrogens is 340 g/mol. The summed E-state index contributed by atoms with van der Waals surface area (Å²) < 4.78 is 0. The molecule has 1 aromatic rings. The number of nitro benzene ring substituents is 2. The van der Waals surface area contributed by atoms with E-state index >= 15 is 0 Å². The van der Waals surface area contributed by atoms with Gasteiger partial charge in [-0.2, -0.15) is 0 Å². The first-order chi connectivity index (χ1) is 12.3. The number of hydrogen-bond donors (Lipinski definition) is 1. The van der Waals surface area contributed by atoms with Gasteiger partial charge in [-0.3, -0.25) is 20.2 Å². The predicted molar refractivity (Wildman–Crippen MR) is 98.2 cm³/mol. The van der Waals surface area contributed by atoms with E-state index in [4.69, 9.17) is 0 Å². The van der Waals surface area contributed by atoms with Gasteiger partial charge in [0, 0.05) is 6.07 Å². The van der Waals surface area contributed by atoms with Gasteiger partial charge in [0.2, 0.25) is 0 Å². The largest absolute Gasteiger partial charge is 0.478 e. The highest BCUT2D eigenvalue weighted by Crippen LogP contribution is 2.40. The van der Waals surface area contributed by atoms with E-state index in [0.717, 1.165) is 25.3 Å². The van der Waals surface area contributed by atoms with Crippen LogP contribution in [0.5, 0.6) is 0 Å². The minimum atomic E-state index is -1.29. The molecule has 0 saturated carbocycles. The number of carboxylic acids is 1. The summed E-state index contributed by atoms with van der Waals surface area (Å²) in [6, 6.07) is 2.14. The van der Waals surface area contributed by atoms with Crippen LogP contribution in [0, 0.1) is 20.2 Å². The molecule has 1 rings (SSSR count). The molecule has 0 aliphatic heterocycles. The van der Waals surface area contributed by atoms with E-state index in [1.165, 1.54) is 19.1 Å². The van der Waals surface area contributed by atoms with Crippen molar-refractivity contribution in [2.75, 3.05) is 0 Å². The smallest absolute Gasteiger partial charge is 0.336 e. The third-order valence-electron chi connectivity index (χ3n) is 4.31. The summed E-state index contributed by atoms with van der Waals surface area (Å²) in [5.74, 6) is -1.47. The Morgan fingerprint density at radius 2 is 1.81 bits per heavy atom. The molecule has 0 saturated heterocycles. The predicted octanol–water partition coefficient (Wildman–Crippen LogP) is 5.06. The number of nitrogens with zero attached hydrogens (tertiary/aromatic N) is 2. The van der Waals surface area contributed by atoms with Crippen molar-refractivity contribution < 1.29 is 19.7 Å². The van der Waals surface area contributed by atoms with Crippen molar-refractivity contribution in [1.29, 1.82) is 0 Å². The fraction of sp³-hybridized carbons (Fsp3) is 0.500. The first kappa shape index (κ1) is 21.3. The highest BCUT2D eigenvalue weighted by Gasteiger charge is 2.31. The second-order valence-electron chi connectivity index (χ2n) is 6.08. The third kappa shape index (κ3) is 4.87. The maximum Gasteiger partial charge on any atom is 0.336 e. The van der Waals surface area contributed by atoms with Crippen molar-refractivity contribution in [3.63, 3.8) is 0 Å². The van der Waals surface area contributed by atoms with Crippen molar-refractivity contribution in [3.8, 4) is 0 Å². The van der Waals surface area contributed by atoms with Crippen LogP contribution in [-0.2, 0) is 4.79 Å². The van der Waals surface area contributed by atoms with Gasteiger partial charge in [0.05, 0.1) is 27.0 Å². The number of non-ortho nitro benzene ring substituents is 1. The SMILES string of the molecule is CC=C(C(=O)O)c1c(C(CCC)CCCC)cc([N+](=O)[O-])cc1[N+](=O)[O-]. The second kappa shape index (κ2) is 9.65. The molecule has 8 nitrogen and oxygen atoms in total. The van der Waals surface area contributed by atoms with Gasteiger partial charge in [0.25, 0.3) is 11.4 Å². The highest BCUT2D eigenvalue weighted by atomic mass is 16.6. The Balaban J connectivity index is 3.83. The third-order valence-corrected chi connectivity index (χ3v) is 4.31. The van der Waals surface area contributed by atoms with E-state index in [9.17, 15) is 30.1 Å². The van der Waals surface area contributed by atoms with Crippen LogP contribution in [0.3, 0.4) is 0 Å².